The lowest BCUT2D eigenvalue weighted by Crippen LogP contribution is -2.24. The maximum Gasteiger partial charge on any atom is 0.250 e. The number of nitrogens with one attached hydrogen (secondary N) is 1. The van der Waals surface area contributed by atoms with Crippen LogP contribution in [0, 0.1) is 5.82 Å². The van der Waals surface area contributed by atoms with Crippen LogP contribution in [0.1, 0.15) is 11.5 Å². The standard InChI is InChI=1S/C18H16FN3O3/c1-24-13-8-6-12(7-9-13)10-16(23)20-11-17-21-22-18(25-17)14-4-2-3-5-15(14)19/h2-9H,10-11H2,1H3,(H,20,23). The van der Waals surface area contributed by atoms with E-state index in [1.54, 1.807) is 37.4 Å². The van der Waals surface area contributed by atoms with Gasteiger partial charge in [0.1, 0.15) is 11.6 Å². The van der Waals surface area contributed by atoms with Crippen molar-refractivity contribution < 1.29 is 18.3 Å². The van der Waals surface area contributed by atoms with E-state index < -0.39 is 5.82 Å². The summed E-state index contributed by atoms with van der Waals surface area (Å²) in [5.74, 6) is 0.395. The molecule has 0 aliphatic carbocycles. The van der Waals surface area contributed by atoms with E-state index in [4.69, 9.17) is 9.15 Å². The van der Waals surface area contributed by atoms with E-state index >= 15 is 0 Å². The molecule has 3 aromatic rings. The fourth-order valence-electron chi connectivity index (χ4n) is 2.23. The van der Waals surface area contributed by atoms with Gasteiger partial charge in [0.2, 0.25) is 11.8 Å². The van der Waals surface area contributed by atoms with Crippen LogP contribution in [0.25, 0.3) is 11.5 Å². The zero-order valence-electron chi connectivity index (χ0n) is 13.5. The fourth-order valence-corrected chi connectivity index (χ4v) is 2.23. The molecular formula is C18H16FN3O3. The van der Waals surface area contributed by atoms with Crippen molar-refractivity contribution in [1.29, 1.82) is 0 Å². The molecule has 0 atom stereocenters. The van der Waals surface area contributed by atoms with Crippen molar-refractivity contribution in [3.05, 3.63) is 65.8 Å². The Morgan fingerprint density at radius 2 is 1.92 bits per heavy atom. The summed E-state index contributed by atoms with van der Waals surface area (Å²) in [6.45, 7) is 0.0798. The molecule has 0 aliphatic rings. The highest BCUT2D eigenvalue weighted by atomic mass is 19.1. The van der Waals surface area contributed by atoms with Crippen LogP contribution in [-0.2, 0) is 17.8 Å². The Morgan fingerprint density at radius 1 is 1.16 bits per heavy atom. The summed E-state index contributed by atoms with van der Waals surface area (Å²) in [7, 11) is 1.59. The summed E-state index contributed by atoms with van der Waals surface area (Å²) >= 11 is 0. The van der Waals surface area contributed by atoms with Crippen molar-refractivity contribution in [2.24, 2.45) is 0 Å². The molecule has 0 bridgehead atoms. The number of rotatable bonds is 6. The van der Waals surface area contributed by atoms with Crippen molar-refractivity contribution in [3.8, 4) is 17.2 Å². The first-order valence-corrected chi connectivity index (χ1v) is 7.62. The molecule has 0 fully saturated rings. The maximum absolute atomic E-state index is 13.7. The highest BCUT2D eigenvalue weighted by molar-refractivity contribution is 5.78. The highest BCUT2D eigenvalue weighted by Gasteiger charge is 2.13. The summed E-state index contributed by atoms with van der Waals surface area (Å²) in [6, 6.07) is 13.4. The number of carbonyl (C=O) groups excluding carboxylic acids is 1. The Bertz CT molecular complexity index is 862. The van der Waals surface area contributed by atoms with E-state index in [9.17, 15) is 9.18 Å². The number of nitrogens with zero attached hydrogens (tertiary/aromatic N) is 2. The smallest absolute Gasteiger partial charge is 0.250 e. The summed E-state index contributed by atoms with van der Waals surface area (Å²) in [5.41, 5.74) is 1.08. The molecule has 7 heteroatoms. The largest absolute Gasteiger partial charge is 0.497 e. The van der Waals surface area contributed by atoms with Crippen LogP contribution in [-0.4, -0.2) is 23.2 Å². The molecule has 0 saturated carbocycles. The minimum Gasteiger partial charge on any atom is -0.497 e. The predicted molar refractivity (Wildman–Crippen MR) is 88.2 cm³/mol. The Labute approximate surface area is 143 Å². The number of benzene rings is 2. The van der Waals surface area contributed by atoms with Crippen LogP contribution < -0.4 is 10.1 Å². The second-order valence-electron chi connectivity index (χ2n) is 5.28. The quantitative estimate of drug-likeness (QED) is 0.746. The molecule has 25 heavy (non-hydrogen) atoms. The summed E-state index contributed by atoms with van der Waals surface area (Å²) in [4.78, 5) is 12.0. The van der Waals surface area contributed by atoms with Gasteiger partial charge < -0.3 is 14.5 Å². The second kappa shape index (κ2) is 7.57. The minimum atomic E-state index is -0.443. The van der Waals surface area contributed by atoms with Gasteiger partial charge in [-0.2, -0.15) is 0 Å². The molecule has 0 unspecified atom stereocenters. The van der Waals surface area contributed by atoms with E-state index in [0.29, 0.717) is 0 Å². The van der Waals surface area contributed by atoms with E-state index in [1.807, 2.05) is 12.1 Å². The molecule has 1 heterocycles. The van der Waals surface area contributed by atoms with Gasteiger partial charge in [-0.1, -0.05) is 24.3 Å². The third kappa shape index (κ3) is 4.20. The van der Waals surface area contributed by atoms with Crippen LogP contribution in [0.15, 0.2) is 52.9 Å². The van der Waals surface area contributed by atoms with Crippen molar-refractivity contribution in [2.75, 3.05) is 7.11 Å². The number of hydrogen-bond acceptors (Lipinski definition) is 5. The van der Waals surface area contributed by atoms with Crippen molar-refractivity contribution >= 4 is 5.91 Å². The molecule has 1 aromatic heterocycles. The zero-order valence-corrected chi connectivity index (χ0v) is 13.5. The molecule has 128 valence electrons. The van der Waals surface area contributed by atoms with Crippen molar-refractivity contribution in [3.63, 3.8) is 0 Å². The van der Waals surface area contributed by atoms with Gasteiger partial charge in [-0.25, -0.2) is 4.39 Å². The Kier molecular flexibility index (Phi) is 5.03. The molecule has 3 rings (SSSR count). The third-order valence-electron chi connectivity index (χ3n) is 3.53. The normalized spacial score (nSPS) is 10.5. The third-order valence-corrected chi connectivity index (χ3v) is 3.53. The fraction of sp³-hybridized carbons (Fsp3) is 0.167. The van der Waals surface area contributed by atoms with E-state index in [1.165, 1.54) is 6.07 Å². The average Bonchev–Trinajstić information content (AvgIpc) is 3.10. The SMILES string of the molecule is COc1ccc(CC(=O)NCc2nnc(-c3ccccc3F)o2)cc1. The molecule has 0 spiro atoms. The Morgan fingerprint density at radius 3 is 2.64 bits per heavy atom. The number of methoxy groups -OCH3 is 1. The Balaban J connectivity index is 1.56. The first-order chi connectivity index (χ1) is 12.2. The second-order valence-corrected chi connectivity index (χ2v) is 5.28. The molecule has 1 N–H and O–H groups in total. The van der Waals surface area contributed by atoms with Gasteiger partial charge in [0.15, 0.2) is 0 Å². The zero-order chi connectivity index (χ0) is 17.6. The monoisotopic (exact) mass is 341 g/mol. The number of halogens is 1. The van der Waals surface area contributed by atoms with Crippen molar-refractivity contribution in [1.82, 2.24) is 15.5 Å². The van der Waals surface area contributed by atoms with Gasteiger partial charge >= 0.3 is 0 Å². The van der Waals surface area contributed by atoms with Crippen LogP contribution in [0.4, 0.5) is 4.39 Å². The molecule has 0 radical (unpaired) electrons. The van der Waals surface area contributed by atoms with Gasteiger partial charge in [-0.05, 0) is 29.8 Å². The van der Waals surface area contributed by atoms with Gasteiger partial charge in [0.25, 0.3) is 5.89 Å². The first kappa shape index (κ1) is 16.6. The van der Waals surface area contributed by atoms with E-state index in [2.05, 4.69) is 15.5 Å². The summed E-state index contributed by atoms with van der Waals surface area (Å²) in [5, 5.41) is 10.3. The molecular weight excluding hydrogens is 325 g/mol. The average molecular weight is 341 g/mol. The number of ether oxygens (including phenoxy) is 1. The topological polar surface area (TPSA) is 77.2 Å². The highest BCUT2D eigenvalue weighted by Crippen LogP contribution is 2.20. The van der Waals surface area contributed by atoms with Gasteiger partial charge in [0, 0.05) is 0 Å². The van der Waals surface area contributed by atoms with E-state index in [-0.39, 0.29) is 36.2 Å². The molecule has 0 aliphatic heterocycles. The van der Waals surface area contributed by atoms with Crippen LogP contribution in [0.3, 0.4) is 0 Å². The summed E-state index contributed by atoms with van der Waals surface area (Å²) < 4.78 is 24.1. The minimum absolute atomic E-state index is 0.0798. The maximum atomic E-state index is 13.7. The summed E-state index contributed by atoms with van der Waals surface area (Å²) in [6.07, 6.45) is 0.221. The lowest BCUT2D eigenvalue weighted by Gasteiger charge is -2.04. The number of amides is 1. The van der Waals surface area contributed by atoms with Gasteiger partial charge in [-0.15, -0.1) is 10.2 Å². The Hall–Kier alpha value is -3.22. The van der Waals surface area contributed by atoms with Crippen LogP contribution in [0.5, 0.6) is 5.75 Å². The van der Waals surface area contributed by atoms with Crippen LogP contribution >= 0.6 is 0 Å². The lowest BCUT2D eigenvalue weighted by molar-refractivity contribution is -0.120. The van der Waals surface area contributed by atoms with Crippen LogP contribution in [0.2, 0.25) is 0 Å². The van der Waals surface area contributed by atoms with E-state index in [0.717, 1.165) is 11.3 Å². The van der Waals surface area contributed by atoms with Gasteiger partial charge in [-0.3, -0.25) is 4.79 Å². The number of hydrogen-bond donors (Lipinski definition) is 1. The first-order valence-electron chi connectivity index (χ1n) is 7.62. The number of carbonyl (C=O) groups is 1. The van der Waals surface area contributed by atoms with Gasteiger partial charge in [0.05, 0.1) is 25.6 Å². The molecule has 0 saturated heterocycles. The molecule has 1 amide bonds. The lowest BCUT2D eigenvalue weighted by atomic mass is 10.1. The molecule has 6 nitrogen and oxygen atoms in total. The number of aromatic nitrogens is 2. The predicted octanol–water partition coefficient (Wildman–Crippen LogP) is 2.74. The molecule has 2 aromatic carbocycles. The van der Waals surface area contributed by atoms with Crippen molar-refractivity contribution in [2.45, 2.75) is 13.0 Å².